The molecule has 1 aliphatic carbocycles. The second kappa shape index (κ2) is 9.06. The molecule has 27 heavy (non-hydrogen) atoms. The first-order chi connectivity index (χ1) is 13.0. The monoisotopic (exact) mass is 380 g/mol. The van der Waals surface area contributed by atoms with E-state index in [9.17, 15) is 9.90 Å². The third kappa shape index (κ3) is 5.02. The van der Waals surface area contributed by atoms with Crippen molar-refractivity contribution >= 4 is 11.8 Å². The molecule has 1 unspecified atom stereocenters. The highest BCUT2D eigenvalue weighted by molar-refractivity contribution is 5.77. The van der Waals surface area contributed by atoms with Crippen LogP contribution in [0.4, 0.5) is 5.82 Å². The van der Waals surface area contributed by atoms with Gasteiger partial charge in [0.15, 0.2) is 11.6 Å². The summed E-state index contributed by atoms with van der Waals surface area (Å²) in [6.45, 7) is 5.65. The number of esters is 1. The molecule has 1 aromatic heterocycles. The SMILES string of the molecule is COC(=O)C(c1cc(N2CCC(OC3CCC(O)CC3)CC2)no1)C(C)C. The topological polar surface area (TPSA) is 85.0 Å². The number of carbonyl (C=O) groups is 1. The Morgan fingerprint density at radius 3 is 2.41 bits per heavy atom. The first-order valence-corrected chi connectivity index (χ1v) is 10.1. The van der Waals surface area contributed by atoms with E-state index in [1.54, 1.807) is 0 Å². The molecule has 1 aliphatic heterocycles. The Morgan fingerprint density at radius 1 is 1.19 bits per heavy atom. The van der Waals surface area contributed by atoms with Gasteiger partial charge in [-0.15, -0.1) is 0 Å². The molecule has 152 valence electrons. The number of hydrogen-bond donors (Lipinski definition) is 1. The zero-order valence-electron chi connectivity index (χ0n) is 16.6. The highest BCUT2D eigenvalue weighted by atomic mass is 16.5. The van der Waals surface area contributed by atoms with Gasteiger partial charge in [0.1, 0.15) is 5.92 Å². The Morgan fingerprint density at radius 2 is 1.81 bits per heavy atom. The predicted molar refractivity (Wildman–Crippen MR) is 101 cm³/mol. The van der Waals surface area contributed by atoms with Gasteiger partial charge in [-0.25, -0.2) is 0 Å². The van der Waals surface area contributed by atoms with Gasteiger partial charge in [-0.1, -0.05) is 19.0 Å². The largest absolute Gasteiger partial charge is 0.468 e. The summed E-state index contributed by atoms with van der Waals surface area (Å²) in [5.41, 5.74) is 0. The van der Waals surface area contributed by atoms with Crippen LogP contribution in [-0.4, -0.2) is 54.7 Å². The first-order valence-electron chi connectivity index (χ1n) is 10.1. The highest BCUT2D eigenvalue weighted by Gasteiger charge is 2.31. The molecule has 2 heterocycles. The van der Waals surface area contributed by atoms with Crippen molar-refractivity contribution < 1.29 is 23.9 Å². The van der Waals surface area contributed by atoms with Crippen molar-refractivity contribution in [3.05, 3.63) is 11.8 Å². The molecule has 0 amide bonds. The van der Waals surface area contributed by atoms with Crippen LogP contribution in [0, 0.1) is 5.92 Å². The molecule has 2 fully saturated rings. The van der Waals surface area contributed by atoms with Crippen LogP contribution >= 0.6 is 0 Å². The number of rotatable bonds is 6. The Labute approximate surface area is 161 Å². The predicted octanol–water partition coefficient (Wildman–Crippen LogP) is 2.88. The minimum Gasteiger partial charge on any atom is -0.468 e. The van der Waals surface area contributed by atoms with Crippen LogP contribution < -0.4 is 4.90 Å². The van der Waals surface area contributed by atoms with Gasteiger partial charge in [-0.2, -0.15) is 0 Å². The molecule has 0 radical (unpaired) electrons. The Balaban J connectivity index is 1.52. The molecule has 1 atom stereocenters. The second-order valence-electron chi connectivity index (χ2n) is 8.09. The van der Waals surface area contributed by atoms with Crippen LogP contribution in [0.3, 0.4) is 0 Å². The Kier molecular flexibility index (Phi) is 6.76. The molecule has 0 bridgehead atoms. The Bertz CT molecular complexity index is 601. The number of aromatic nitrogens is 1. The molecule has 2 aliphatic rings. The zero-order chi connectivity index (χ0) is 19.4. The Hall–Kier alpha value is -1.60. The van der Waals surface area contributed by atoms with Crippen molar-refractivity contribution in [1.82, 2.24) is 5.16 Å². The average molecular weight is 380 g/mol. The summed E-state index contributed by atoms with van der Waals surface area (Å²) in [5.74, 6) is 0.687. The van der Waals surface area contributed by atoms with E-state index in [0.717, 1.165) is 57.4 Å². The molecule has 0 aromatic carbocycles. The minimum atomic E-state index is -0.432. The molecule has 1 N–H and O–H groups in total. The maximum Gasteiger partial charge on any atom is 0.316 e. The summed E-state index contributed by atoms with van der Waals surface area (Å²) in [4.78, 5) is 14.2. The van der Waals surface area contributed by atoms with Gasteiger partial charge in [-0.3, -0.25) is 4.79 Å². The molecular weight excluding hydrogens is 348 g/mol. The molecular formula is C20H32N2O5. The number of methoxy groups -OCH3 is 1. The lowest BCUT2D eigenvalue weighted by atomic mass is 9.93. The van der Waals surface area contributed by atoms with Gasteiger partial charge >= 0.3 is 5.97 Å². The van der Waals surface area contributed by atoms with Crippen LogP contribution in [0.15, 0.2) is 10.6 Å². The van der Waals surface area contributed by atoms with Gasteiger partial charge < -0.3 is 24.0 Å². The normalized spacial score (nSPS) is 25.6. The minimum absolute atomic E-state index is 0.0754. The number of aliphatic hydroxyl groups is 1. The van der Waals surface area contributed by atoms with Crippen molar-refractivity contribution in [2.75, 3.05) is 25.1 Å². The fourth-order valence-electron chi connectivity index (χ4n) is 4.09. The summed E-state index contributed by atoms with van der Waals surface area (Å²) in [6, 6.07) is 1.87. The highest BCUT2D eigenvalue weighted by Crippen LogP contribution is 2.31. The van der Waals surface area contributed by atoms with Crippen molar-refractivity contribution in [2.24, 2.45) is 5.92 Å². The number of aliphatic hydroxyl groups excluding tert-OH is 1. The molecule has 7 nitrogen and oxygen atoms in total. The van der Waals surface area contributed by atoms with Gasteiger partial charge in [0, 0.05) is 19.2 Å². The molecule has 1 saturated carbocycles. The van der Waals surface area contributed by atoms with E-state index in [0.29, 0.717) is 5.76 Å². The average Bonchev–Trinajstić information content (AvgIpc) is 3.13. The number of carbonyl (C=O) groups excluding carboxylic acids is 1. The maximum atomic E-state index is 12.0. The van der Waals surface area contributed by atoms with Gasteiger partial charge in [-0.05, 0) is 44.4 Å². The molecule has 7 heteroatoms. The number of ether oxygens (including phenoxy) is 2. The van der Waals surface area contributed by atoms with Crippen LogP contribution in [0.2, 0.25) is 0 Å². The van der Waals surface area contributed by atoms with E-state index in [1.165, 1.54) is 7.11 Å². The molecule has 3 rings (SSSR count). The van der Waals surface area contributed by atoms with Crippen LogP contribution in [0.25, 0.3) is 0 Å². The van der Waals surface area contributed by atoms with E-state index in [4.69, 9.17) is 14.0 Å². The van der Waals surface area contributed by atoms with Crippen molar-refractivity contribution in [3.63, 3.8) is 0 Å². The number of nitrogens with zero attached hydrogens (tertiary/aromatic N) is 2. The lowest BCUT2D eigenvalue weighted by molar-refractivity contribution is -0.144. The lowest BCUT2D eigenvalue weighted by Crippen LogP contribution is -2.39. The number of hydrogen-bond acceptors (Lipinski definition) is 7. The smallest absolute Gasteiger partial charge is 0.316 e. The molecule has 0 spiro atoms. The number of piperidine rings is 1. The summed E-state index contributed by atoms with van der Waals surface area (Å²) in [6.07, 6.45) is 5.92. The van der Waals surface area contributed by atoms with E-state index in [-0.39, 0.29) is 30.2 Å². The van der Waals surface area contributed by atoms with Crippen LogP contribution in [0.1, 0.15) is 64.1 Å². The summed E-state index contributed by atoms with van der Waals surface area (Å²) in [7, 11) is 1.40. The maximum absolute atomic E-state index is 12.0. The summed E-state index contributed by atoms with van der Waals surface area (Å²) >= 11 is 0. The van der Waals surface area contributed by atoms with Crippen molar-refractivity contribution in [3.8, 4) is 0 Å². The van der Waals surface area contributed by atoms with E-state index < -0.39 is 5.92 Å². The second-order valence-corrected chi connectivity index (χ2v) is 8.09. The summed E-state index contributed by atoms with van der Waals surface area (Å²) in [5, 5.41) is 13.8. The van der Waals surface area contributed by atoms with Gasteiger partial charge in [0.25, 0.3) is 0 Å². The quantitative estimate of drug-likeness (QED) is 0.760. The number of anilines is 1. The fourth-order valence-corrected chi connectivity index (χ4v) is 4.09. The van der Waals surface area contributed by atoms with Gasteiger partial charge in [0.2, 0.25) is 0 Å². The summed E-state index contributed by atoms with van der Waals surface area (Å²) < 4.78 is 16.6. The standard InChI is InChI=1S/C20H32N2O5/c1-13(2)19(20(24)25-3)17-12-18(21-27-17)22-10-8-16(9-11-22)26-15-6-4-14(23)5-7-15/h12-16,19,23H,4-11H2,1-3H3. The first kappa shape index (κ1) is 20.1. The van der Waals surface area contributed by atoms with Crippen LogP contribution in [-0.2, 0) is 14.3 Å². The van der Waals surface area contributed by atoms with E-state index in [1.807, 2.05) is 19.9 Å². The lowest BCUT2D eigenvalue weighted by Gasteiger charge is -2.35. The fraction of sp³-hybridized carbons (Fsp3) is 0.800. The molecule has 1 saturated heterocycles. The van der Waals surface area contributed by atoms with E-state index >= 15 is 0 Å². The van der Waals surface area contributed by atoms with Gasteiger partial charge in [0.05, 0.1) is 25.4 Å². The van der Waals surface area contributed by atoms with Crippen LogP contribution in [0.5, 0.6) is 0 Å². The van der Waals surface area contributed by atoms with Crippen molar-refractivity contribution in [2.45, 2.75) is 76.6 Å². The molecule has 1 aromatic rings. The van der Waals surface area contributed by atoms with Crippen molar-refractivity contribution in [1.29, 1.82) is 0 Å². The third-order valence-electron chi connectivity index (χ3n) is 5.74. The van der Waals surface area contributed by atoms with E-state index in [2.05, 4.69) is 10.1 Å². The third-order valence-corrected chi connectivity index (χ3v) is 5.74. The zero-order valence-corrected chi connectivity index (χ0v) is 16.6.